The molecule has 0 radical (unpaired) electrons. The Kier molecular flexibility index (Phi) is 9.97. The first-order valence-electron chi connectivity index (χ1n) is 11.0. The van der Waals surface area contributed by atoms with Crippen molar-refractivity contribution in [2.45, 2.75) is 51.9 Å². The number of rotatable bonds is 7. The fourth-order valence-electron chi connectivity index (χ4n) is 3.73. The van der Waals surface area contributed by atoms with Crippen LogP contribution in [0.2, 0.25) is 0 Å². The van der Waals surface area contributed by atoms with Crippen molar-refractivity contribution >= 4 is 17.9 Å². The molecule has 4 atom stereocenters. The number of ether oxygens (including phenoxy) is 3. The number of aliphatic hydroxyl groups is 3. The van der Waals surface area contributed by atoms with E-state index in [0.717, 1.165) is 11.6 Å². The predicted octanol–water partition coefficient (Wildman–Crippen LogP) is 1.44. The van der Waals surface area contributed by atoms with Gasteiger partial charge in [0.05, 0.1) is 36.4 Å². The standard InChI is InChI=1S/C25H32O9/c1-5-17(12-27)24(30)32-13-18(8-9-26)25(31)34-20-10-14(2)6-7-19(28)15(3)11-21-22(20)16(4)23(29)33-21/h5-6,8,11,19-22,26-28H,4,7,9-10,12-13H2,1-3H3. The van der Waals surface area contributed by atoms with E-state index in [1.165, 1.54) is 6.08 Å². The van der Waals surface area contributed by atoms with Crippen LogP contribution in [0.5, 0.6) is 0 Å². The summed E-state index contributed by atoms with van der Waals surface area (Å²) in [4.78, 5) is 37.3. The van der Waals surface area contributed by atoms with Crippen molar-refractivity contribution in [3.63, 3.8) is 0 Å². The van der Waals surface area contributed by atoms with E-state index in [1.54, 1.807) is 19.9 Å². The minimum Gasteiger partial charge on any atom is -0.458 e. The van der Waals surface area contributed by atoms with Gasteiger partial charge in [0.15, 0.2) is 0 Å². The number of hydrogen-bond donors (Lipinski definition) is 3. The van der Waals surface area contributed by atoms with Gasteiger partial charge in [-0.05, 0) is 44.9 Å². The molecular weight excluding hydrogens is 444 g/mol. The van der Waals surface area contributed by atoms with Gasteiger partial charge in [0.2, 0.25) is 0 Å². The summed E-state index contributed by atoms with van der Waals surface area (Å²) in [7, 11) is 0. The molecule has 1 aliphatic carbocycles. The van der Waals surface area contributed by atoms with Gasteiger partial charge >= 0.3 is 17.9 Å². The molecule has 1 aliphatic heterocycles. The minimum absolute atomic E-state index is 0.0231. The smallest absolute Gasteiger partial charge is 0.337 e. The molecule has 34 heavy (non-hydrogen) atoms. The van der Waals surface area contributed by atoms with Crippen LogP contribution in [0.4, 0.5) is 0 Å². The van der Waals surface area contributed by atoms with Crippen molar-refractivity contribution in [1.29, 1.82) is 0 Å². The van der Waals surface area contributed by atoms with Crippen LogP contribution in [0.15, 0.2) is 58.7 Å². The maximum absolute atomic E-state index is 13.0. The van der Waals surface area contributed by atoms with Crippen LogP contribution < -0.4 is 0 Å². The fraction of sp³-hybridized carbons (Fsp3) is 0.480. The average Bonchev–Trinajstić information content (AvgIpc) is 3.07. The normalized spacial score (nSPS) is 26.2. The third-order valence-corrected chi connectivity index (χ3v) is 5.83. The number of carbonyl (C=O) groups is 3. The summed E-state index contributed by atoms with van der Waals surface area (Å²) in [6.07, 6.45) is 4.28. The van der Waals surface area contributed by atoms with Crippen molar-refractivity contribution in [3.8, 4) is 0 Å². The Bertz CT molecular complexity index is 938. The van der Waals surface area contributed by atoms with Gasteiger partial charge in [0, 0.05) is 12.0 Å². The molecule has 0 amide bonds. The topological polar surface area (TPSA) is 140 Å². The van der Waals surface area contributed by atoms with Crippen molar-refractivity contribution in [2.24, 2.45) is 5.92 Å². The van der Waals surface area contributed by atoms with Gasteiger partial charge < -0.3 is 29.5 Å². The lowest BCUT2D eigenvalue weighted by molar-refractivity contribution is -0.148. The molecule has 0 aromatic carbocycles. The molecular formula is C25H32O9. The van der Waals surface area contributed by atoms with Gasteiger partial charge in [0.1, 0.15) is 18.8 Å². The molecule has 1 saturated heterocycles. The molecule has 3 N–H and O–H groups in total. The molecule has 186 valence electrons. The quantitative estimate of drug-likeness (QED) is 0.215. The Hall–Kier alpha value is -3.01. The van der Waals surface area contributed by atoms with Crippen LogP contribution in [0.1, 0.15) is 33.6 Å². The molecule has 1 fully saturated rings. The molecule has 9 nitrogen and oxygen atoms in total. The second kappa shape index (κ2) is 12.5. The van der Waals surface area contributed by atoms with E-state index >= 15 is 0 Å². The molecule has 2 aliphatic rings. The largest absolute Gasteiger partial charge is 0.458 e. The van der Waals surface area contributed by atoms with Crippen molar-refractivity contribution in [1.82, 2.24) is 0 Å². The summed E-state index contributed by atoms with van der Waals surface area (Å²) < 4.78 is 16.2. The number of allylic oxidation sites excluding steroid dienone is 1. The zero-order valence-electron chi connectivity index (χ0n) is 19.7. The summed E-state index contributed by atoms with van der Waals surface area (Å²) in [6.45, 7) is 7.43. The maximum Gasteiger partial charge on any atom is 0.337 e. The van der Waals surface area contributed by atoms with Crippen LogP contribution in [-0.2, 0) is 28.6 Å². The fourth-order valence-corrected chi connectivity index (χ4v) is 3.73. The Morgan fingerprint density at radius 1 is 1.24 bits per heavy atom. The number of aliphatic hydroxyl groups excluding tert-OH is 3. The summed E-state index contributed by atoms with van der Waals surface area (Å²) in [6, 6.07) is 0. The Labute approximate surface area is 198 Å². The van der Waals surface area contributed by atoms with E-state index < -0.39 is 62.0 Å². The van der Waals surface area contributed by atoms with Crippen LogP contribution in [0.25, 0.3) is 0 Å². The number of carbonyl (C=O) groups excluding carboxylic acids is 3. The van der Waals surface area contributed by atoms with Gasteiger partial charge in [-0.15, -0.1) is 0 Å². The minimum atomic E-state index is -0.840. The van der Waals surface area contributed by atoms with E-state index in [9.17, 15) is 29.7 Å². The first kappa shape index (κ1) is 27.2. The summed E-state index contributed by atoms with van der Waals surface area (Å²) in [5.74, 6) is -2.95. The van der Waals surface area contributed by atoms with Gasteiger partial charge in [-0.25, -0.2) is 14.4 Å². The lowest BCUT2D eigenvalue weighted by Crippen LogP contribution is -2.34. The van der Waals surface area contributed by atoms with E-state index in [1.807, 2.05) is 13.0 Å². The molecule has 0 saturated carbocycles. The molecule has 0 aromatic heterocycles. The summed E-state index contributed by atoms with van der Waals surface area (Å²) in [5, 5.41) is 28.9. The van der Waals surface area contributed by atoms with Crippen LogP contribution in [-0.4, -0.2) is 71.4 Å². The van der Waals surface area contributed by atoms with Crippen LogP contribution in [0.3, 0.4) is 0 Å². The molecule has 0 aromatic rings. The average molecular weight is 477 g/mol. The van der Waals surface area contributed by atoms with Gasteiger partial charge in [-0.2, -0.15) is 0 Å². The van der Waals surface area contributed by atoms with Crippen molar-refractivity contribution in [2.75, 3.05) is 19.8 Å². The first-order chi connectivity index (χ1) is 16.1. The first-order valence-corrected chi connectivity index (χ1v) is 11.0. The van der Waals surface area contributed by atoms with Crippen LogP contribution >= 0.6 is 0 Å². The highest BCUT2D eigenvalue weighted by Gasteiger charge is 2.44. The highest BCUT2D eigenvalue weighted by molar-refractivity contribution is 5.93. The second-order valence-corrected chi connectivity index (χ2v) is 8.24. The Morgan fingerprint density at radius 2 is 1.94 bits per heavy atom. The Balaban J connectivity index is 2.30. The maximum atomic E-state index is 13.0. The molecule has 0 bridgehead atoms. The molecule has 1 heterocycles. The van der Waals surface area contributed by atoms with Crippen molar-refractivity contribution < 1.29 is 43.9 Å². The third-order valence-electron chi connectivity index (χ3n) is 5.83. The van der Waals surface area contributed by atoms with Gasteiger partial charge in [-0.1, -0.05) is 24.3 Å². The summed E-state index contributed by atoms with van der Waals surface area (Å²) in [5.41, 5.74) is 1.52. The van der Waals surface area contributed by atoms with E-state index in [4.69, 9.17) is 14.2 Å². The lowest BCUT2D eigenvalue weighted by Gasteiger charge is -2.28. The Morgan fingerprint density at radius 3 is 2.56 bits per heavy atom. The zero-order chi connectivity index (χ0) is 25.4. The summed E-state index contributed by atoms with van der Waals surface area (Å²) >= 11 is 0. The molecule has 9 heteroatoms. The van der Waals surface area contributed by atoms with E-state index in [-0.39, 0.29) is 23.1 Å². The van der Waals surface area contributed by atoms with E-state index in [0.29, 0.717) is 12.0 Å². The zero-order valence-corrected chi connectivity index (χ0v) is 19.7. The molecule has 0 spiro atoms. The monoisotopic (exact) mass is 476 g/mol. The highest BCUT2D eigenvalue weighted by Crippen LogP contribution is 2.36. The predicted molar refractivity (Wildman–Crippen MR) is 122 cm³/mol. The van der Waals surface area contributed by atoms with Gasteiger partial charge in [-0.3, -0.25) is 0 Å². The lowest BCUT2D eigenvalue weighted by atomic mass is 9.85. The van der Waals surface area contributed by atoms with Gasteiger partial charge in [0.25, 0.3) is 0 Å². The van der Waals surface area contributed by atoms with Crippen LogP contribution in [0, 0.1) is 5.92 Å². The molecule has 4 unspecified atom stereocenters. The molecule has 2 rings (SSSR count). The number of esters is 3. The SMILES string of the molecule is C=C1C(=O)OC2C=C(C)C(O)CC=C(C)CC(OC(=O)C(=CCO)COC(=O)C(=CC)CO)C12. The van der Waals surface area contributed by atoms with Crippen molar-refractivity contribution in [3.05, 3.63) is 58.7 Å². The van der Waals surface area contributed by atoms with E-state index in [2.05, 4.69) is 6.58 Å². The third kappa shape index (κ3) is 6.75. The number of hydrogen-bond acceptors (Lipinski definition) is 9. The second-order valence-electron chi connectivity index (χ2n) is 8.24. The highest BCUT2D eigenvalue weighted by atomic mass is 16.6. The number of fused-ring (bicyclic) bond motifs is 1.